The van der Waals surface area contributed by atoms with E-state index >= 15 is 0 Å². The predicted molar refractivity (Wildman–Crippen MR) is 83.4 cm³/mol. The van der Waals surface area contributed by atoms with Gasteiger partial charge in [0.2, 0.25) is 5.91 Å². The summed E-state index contributed by atoms with van der Waals surface area (Å²) in [5, 5.41) is 12.4. The summed E-state index contributed by atoms with van der Waals surface area (Å²) in [6.45, 7) is 1.43. The van der Waals surface area contributed by atoms with E-state index in [2.05, 4.69) is 22.3 Å². The van der Waals surface area contributed by atoms with E-state index in [4.69, 9.17) is 0 Å². The molecule has 2 N–H and O–H groups in total. The molecular formula is C17H24N2O2. The average Bonchev–Trinajstić information content (AvgIpc) is 2.95. The molecule has 0 bridgehead atoms. The fraction of sp³-hybridized carbons (Fsp3) is 0.588. The Kier molecular flexibility index (Phi) is 4.56. The SMILES string of the molecule is O=C(CN1CCCCC1CO)Nc1ccc2c(c1)CCC2. The Hall–Kier alpha value is -1.39. The Morgan fingerprint density at radius 1 is 1.24 bits per heavy atom. The standard InChI is InChI=1S/C17H24N2O2/c20-12-16-6-1-2-9-19(16)11-17(21)18-15-8-7-13-4-3-5-14(13)10-15/h7-8,10,16,20H,1-6,9,11-12H2,(H,18,21). The second-order valence-corrected chi connectivity index (χ2v) is 6.19. The summed E-state index contributed by atoms with van der Waals surface area (Å²) < 4.78 is 0. The Bertz CT molecular complexity index is 516. The van der Waals surface area contributed by atoms with Crippen LogP contribution in [0.2, 0.25) is 0 Å². The third-order valence-electron chi connectivity index (χ3n) is 4.69. The van der Waals surface area contributed by atoms with Gasteiger partial charge in [0.15, 0.2) is 0 Å². The summed E-state index contributed by atoms with van der Waals surface area (Å²) in [4.78, 5) is 14.3. The minimum atomic E-state index is 0.0216. The van der Waals surface area contributed by atoms with E-state index in [-0.39, 0.29) is 18.6 Å². The van der Waals surface area contributed by atoms with Gasteiger partial charge in [0, 0.05) is 11.7 Å². The molecule has 1 aromatic carbocycles. The summed E-state index contributed by atoms with van der Waals surface area (Å²) in [7, 11) is 0. The molecule has 0 aromatic heterocycles. The number of piperidine rings is 1. The highest BCUT2D eigenvalue weighted by molar-refractivity contribution is 5.92. The normalized spacial score (nSPS) is 22.0. The molecule has 1 fully saturated rings. The molecule has 1 atom stereocenters. The molecule has 3 rings (SSSR count). The number of carbonyl (C=O) groups is 1. The molecule has 4 heteroatoms. The number of hydrogen-bond donors (Lipinski definition) is 2. The summed E-state index contributed by atoms with van der Waals surface area (Å²) in [5.74, 6) is 0.0216. The zero-order chi connectivity index (χ0) is 14.7. The lowest BCUT2D eigenvalue weighted by molar-refractivity contribution is -0.118. The van der Waals surface area contributed by atoms with Crippen LogP contribution in [0.25, 0.3) is 0 Å². The fourth-order valence-electron chi connectivity index (χ4n) is 3.51. The molecule has 0 spiro atoms. The molecule has 114 valence electrons. The zero-order valence-corrected chi connectivity index (χ0v) is 12.5. The predicted octanol–water partition coefficient (Wildman–Crippen LogP) is 1.96. The maximum absolute atomic E-state index is 12.2. The van der Waals surface area contributed by atoms with Crippen molar-refractivity contribution in [2.45, 2.75) is 44.6 Å². The van der Waals surface area contributed by atoms with Gasteiger partial charge in [-0.15, -0.1) is 0 Å². The molecule has 0 saturated carbocycles. The number of amides is 1. The van der Waals surface area contributed by atoms with Crippen LogP contribution in [-0.2, 0) is 17.6 Å². The molecule has 1 aliphatic heterocycles. The van der Waals surface area contributed by atoms with Crippen molar-refractivity contribution in [3.05, 3.63) is 29.3 Å². The molecule has 4 nitrogen and oxygen atoms in total. The minimum Gasteiger partial charge on any atom is -0.395 e. The van der Waals surface area contributed by atoms with Gasteiger partial charge in [-0.1, -0.05) is 12.5 Å². The Balaban J connectivity index is 1.58. The van der Waals surface area contributed by atoms with Crippen molar-refractivity contribution in [1.82, 2.24) is 4.90 Å². The average molecular weight is 288 g/mol. The second kappa shape index (κ2) is 6.58. The van der Waals surface area contributed by atoms with Crippen molar-refractivity contribution < 1.29 is 9.90 Å². The van der Waals surface area contributed by atoms with Gasteiger partial charge in [-0.25, -0.2) is 0 Å². The highest BCUT2D eigenvalue weighted by Crippen LogP contribution is 2.25. The molecule has 2 aliphatic rings. The van der Waals surface area contributed by atoms with Gasteiger partial charge in [0.25, 0.3) is 0 Å². The largest absolute Gasteiger partial charge is 0.395 e. The third-order valence-corrected chi connectivity index (χ3v) is 4.69. The van der Waals surface area contributed by atoms with Crippen LogP contribution in [0.15, 0.2) is 18.2 Å². The van der Waals surface area contributed by atoms with Crippen LogP contribution in [0.5, 0.6) is 0 Å². The molecule has 1 aromatic rings. The number of aliphatic hydroxyl groups is 1. The number of fused-ring (bicyclic) bond motifs is 1. The number of likely N-dealkylation sites (tertiary alicyclic amines) is 1. The smallest absolute Gasteiger partial charge is 0.238 e. The number of rotatable bonds is 4. The van der Waals surface area contributed by atoms with Crippen LogP contribution in [-0.4, -0.2) is 41.7 Å². The van der Waals surface area contributed by atoms with Crippen molar-refractivity contribution in [2.75, 3.05) is 25.0 Å². The maximum atomic E-state index is 12.2. The summed E-state index contributed by atoms with van der Waals surface area (Å²) in [5.41, 5.74) is 3.70. The molecule has 1 heterocycles. The number of nitrogens with one attached hydrogen (secondary N) is 1. The van der Waals surface area contributed by atoms with Crippen molar-refractivity contribution in [3.63, 3.8) is 0 Å². The maximum Gasteiger partial charge on any atom is 0.238 e. The quantitative estimate of drug-likeness (QED) is 0.890. The molecule has 0 radical (unpaired) electrons. The number of aryl methyl sites for hydroxylation is 2. The number of benzene rings is 1. The minimum absolute atomic E-state index is 0.0216. The molecule has 1 unspecified atom stereocenters. The molecule has 1 saturated heterocycles. The number of aliphatic hydroxyl groups excluding tert-OH is 1. The third kappa shape index (κ3) is 3.44. The van der Waals surface area contributed by atoms with Crippen molar-refractivity contribution >= 4 is 11.6 Å². The van der Waals surface area contributed by atoms with E-state index in [0.717, 1.165) is 44.3 Å². The van der Waals surface area contributed by atoms with E-state index in [9.17, 15) is 9.90 Å². The zero-order valence-electron chi connectivity index (χ0n) is 12.5. The topological polar surface area (TPSA) is 52.6 Å². The fourth-order valence-corrected chi connectivity index (χ4v) is 3.51. The number of carbonyl (C=O) groups excluding carboxylic acids is 1. The van der Waals surface area contributed by atoms with Crippen molar-refractivity contribution in [3.8, 4) is 0 Å². The summed E-state index contributed by atoms with van der Waals surface area (Å²) in [6, 6.07) is 6.39. The van der Waals surface area contributed by atoms with Crippen molar-refractivity contribution in [1.29, 1.82) is 0 Å². The molecule has 1 aliphatic carbocycles. The van der Waals surface area contributed by atoms with Crippen LogP contribution in [0, 0.1) is 0 Å². The lowest BCUT2D eigenvalue weighted by Gasteiger charge is -2.33. The van der Waals surface area contributed by atoms with Gasteiger partial charge < -0.3 is 10.4 Å². The van der Waals surface area contributed by atoms with Gasteiger partial charge in [-0.2, -0.15) is 0 Å². The lowest BCUT2D eigenvalue weighted by Crippen LogP contribution is -2.45. The van der Waals surface area contributed by atoms with Gasteiger partial charge in [-0.05, 0) is 61.9 Å². The number of nitrogens with zero attached hydrogens (tertiary/aromatic N) is 1. The van der Waals surface area contributed by atoms with E-state index < -0.39 is 0 Å². The van der Waals surface area contributed by atoms with Crippen LogP contribution in [0.4, 0.5) is 5.69 Å². The number of anilines is 1. The number of hydrogen-bond acceptors (Lipinski definition) is 3. The highest BCUT2D eigenvalue weighted by Gasteiger charge is 2.23. The van der Waals surface area contributed by atoms with Crippen LogP contribution in [0.3, 0.4) is 0 Å². The Morgan fingerprint density at radius 3 is 2.95 bits per heavy atom. The first-order chi connectivity index (χ1) is 10.3. The van der Waals surface area contributed by atoms with E-state index in [0.29, 0.717) is 6.54 Å². The Labute approximate surface area is 126 Å². The van der Waals surface area contributed by atoms with E-state index in [1.165, 1.54) is 17.5 Å². The van der Waals surface area contributed by atoms with Gasteiger partial charge in [0.1, 0.15) is 0 Å². The van der Waals surface area contributed by atoms with Crippen LogP contribution in [0.1, 0.15) is 36.8 Å². The first-order valence-electron chi connectivity index (χ1n) is 8.03. The lowest BCUT2D eigenvalue weighted by atomic mass is 10.0. The van der Waals surface area contributed by atoms with Crippen LogP contribution < -0.4 is 5.32 Å². The summed E-state index contributed by atoms with van der Waals surface area (Å²) in [6.07, 6.45) is 6.76. The van der Waals surface area contributed by atoms with Crippen molar-refractivity contribution in [2.24, 2.45) is 0 Å². The first-order valence-corrected chi connectivity index (χ1v) is 8.03. The van der Waals surface area contributed by atoms with E-state index in [1.54, 1.807) is 0 Å². The van der Waals surface area contributed by atoms with Crippen LogP contribution >= 0.6 is 0 Å². The van der Waals surface area contributed by atoms with Gasteiger partial charge in [0.05, 0.1) is 13.2 Å². The monoisotopic (exact) mass is 288 g/mol. The van der Waals surface area contributed by atoms with Gasteiger partial charge >= 0.3 is 0 Å². The molecule has 1 amide bonds. The first kappa shape index (κ1) is 14.5. The summed E-state index contributed by atoms with van der Waals surface area (Å²) >= 11 is 0. The second-order valence-electron chi connectivity index (χ2n) is 6.19. The Morgan fingerprint density at radius 2 is 2.10 bits per heavy atom. The highest BCUT2D eigenvalue weighted by atomic mass is 16.3. The molecular weight excluding hydrogens is 264 g/mol. The van der Waals surface area contributed by atoms with Gasteiger partial charge in [-0.3, -0.25) is 9.69 Å². The van der Waals surface area contributed by atoms with E-state index in [1.807, 2.05) is 6.07 Å². The molecule has 21 heavy (non-hydrogen) atoms.